The van der Waals surface area contributed by atoms with Crippen LogP contribution in [0.3, 0.4) is 0 Å². The van der Waals surface area contributed by atoms with Crippen LogP contribution >= 0.6 is 0 Å². The highest BCUT2D eigenvalue weighted by Crippen LogP contribution is 2.22. The van der Waals surface area contributed by atoms with Crippen LogP contribution in [0, 0.1) is 6.92 Å². The van der Waals surface area contributed by atoms with Gasteiger partial charge in [0.2, 0.25) is 0 Å². The fourth-order valence-electron chi connectivity index (χ4n) is 2.00. The van der Waals surface area contributed by atoms with Gasteiger partial charge < -0.3 is 10.5 Å². The van der Waals surface area contributed by atoms with Gasteiger partial charge in [-0.15, -0.1) is 0 Å². The van der Waals surface area contributed by atoms with Gasteiger partial charge in [0, 0.05) is 18.4 Å². The molecule has 3 heteroatoms. The van der Waals surface area contributed by atoms with E-state index in [1.165, 1.54) is 11.1 Å². The summed E-state index contributed by atoms with van der Waals surface area (Å²) in [7, 11) is 0. The van der Waals surface area contributed by atoms with Crippen LogP contribution in [0.4, 0.5) is 0 Å². The Labute approximate surface area is 114 Å². The van der Waals surface area contributed by atoms with E-state index in [0.717, 1.165) is 17.7 Å². The van der Waals surface area contributed by atoms with Gasteiger partial charge in [-0.2, -0.15) is 0 Å². The topological polar surface area (TPSA) is 48.1 Å². The van der Waals surface area contributed by atoms with Gasteiger partial charge in [-0.1, -0.05) is 17.7 Å². The molecule has 0 spiro atoms. The Bertz CT molecular complexity index is 524. The number of pyridine rings is 1. The van der Waals surface area contributed by atoms with Crippen molar-refractivity contribution < 1.29 is 4.74 Å². The minimum Gasteiger partial charge on any atom is -0.489 e. The van der Waals surface area contributed by atoms with Gasteiger partial charge in [0.25, 0.3) is 0 Å². The highest BCUT2D eigenvalue weighted by Gasteiger charge is 2.07. The standard InChI is InChI=1S/C16H20N2O/c1-12-3-4-16(15(9-12)10-13(2)17)19-11-14-5-7-18-8-6-14/h3-9,13H,10-11,17H2,1-2H3. The summed E-state index contributed by atoms with van der Waals surface area (Å²) in [4.78, 5) is 4.00. The van der Waals surface area contributed by atoms with E-state index in [0.29, 0.717) is 6.61 Å². The summed E-state index contributed by atoms with van der Waals surface area (Å²) in [5.74, 6) is 0.916. The van der Waals surface area contributed by atoms with Crippen molar-refractivity contribution in [2.24, 2.45) is 5.73 Å². The highest BCUT2D eigenvalue weighted by atomic mass is 16.5. The molecule has 0 bridgehead atoms. The average Bonchev–Trinajstić information content (AvgIpc) is 2.38. The summed E-state index contributed by atoms with van der Waals surface area (Å²) in [6.07, 6.45) is 4.38. The second-order valence-corrected chi connectivity index (χ2v) is 4.94. The van der Waals surface area contributed by atoms with Crippen molar-refractivity contribution in [2.75, 3.05) is 0 Å². The third kappa shape index (κ3) is 4.07. The predicted octanol–water partition coefficient (Wildman–Crippen LogP) is 2.86. The van der Waals surface area contributed by atoms with E-state index in [2.05, 4.69) is 24.0 Å². The molecule has 0 radical (unpaired) electrons. The largest absolute Gasteiger partial charge is 0.489 e. The maximum Gasteiger partial charge on any atom is 0.123 e. The van der Waals surface area contributed by atoms with Gasteiger partial charge in [-0.05, 0) is 49.6 Å². The molecule has 0 saturated carbocycles. The molecule has 2 rings (SSSR count). The number of hydrogen-bond donors (Lipinski definition) is 1. The Balaban J connectivity index is 2.11. The molecule has 1 aromatic carbocycles. The van der Waals surface area contributed by atoms with Crippen LogP contribution < -0.4 is 10.5 Å². The average molecular weight is 256 g/mol. The Morgan fingerprint density at radius 1 is 1.21 bits per heavy atom. The Hall–Kier alpha value is -1.87. The van der Waals surface area contributed by atoms with E-state index in [4.69, 9.17) is 10.5 Å². The maximum absolute atomic E-state index is 5.90. The molecule has 0 amide bonds. The van der Waals surface area contributed by atoms with Crippen molar-refractivity contribution >= 4 is 0 Å². The van der Waals surface area contributed by atoms with E-state index in [9.17, 15) is 0 Å². The lowest BCUT2D eigenvalue weighted by Gasteiger charge is -2.14. The molecule has 0 aliphatic carbocycles. The van der Waals surface area contributed by atoms with Crippen LogP contribution in [0.2, 0.25) is 0 Å². The minimum absolute atomic E-state index is 0.130. The molecule has 1 aromatic heterocycles. The molecule has 2 N–H and O–H groups in total. The zero-order chi connectivity index (χ0) is 13.7. The molecule has 0 aliphatic rings. The molecular formula is C16H20N2O. The number of rotatable bonds is 5. The predicted molar refractivity (Wildman–Crippen MR) is 77.1 cm³/mol. The second-order valence-electron chi connectivity index (χ2n) is 4.94. The lowest BCUT2D eigenvalue weighted by atomic mass is 10.0. The van der Waals surface area contributed by atoms with Crippen LogP contribution in [-0.2, 0) is 13.0 Å². The first-order valence-corrected chi connectivity index (χ1v) is 6.52. The summed E-state index contributed by atoms with van der Waals surface area (Å²) < 4.78 is 5.90. The molecule has 0 fully saturated rings. The van der Waals surface area contributed by atoms with E-state index in [1.807, 2.05) is 25.1 Å². The van der Waals surface area contributed by atoms with Gasteiger partial charge in [0.05, 0.1) is 0 Å². The summed E-state index contributed by atoms with van der Waals surface area (Å²) in [5.41, 5.74) is 9.40. The second kappa shape index (κ2) is 6.34. The number of ether oxygens (including phenoxy) is 1. The third-order valence-corrected chi connectivity index (χ3v) is 2.90. The van der Waals surface area contributed by atoms with Crippen LogP contribution in [-0.4, -0.2) is 11.0 Å². The molecule has 1 unspecified atom stereocenters. The third-order valence-electron chi connectivity index (χ3n) is 2.90. The van der Waals surface area contributed by atoms with Crippen molar-refractivity contribution in [2.45, 2.75) is 32.9 Å². The van der Waals surface area contributed by atoms with Crippen molar-refractivity contribution in [1.29, 1.82) is 0 Å². The fraction of sp³-hybridized carbons (Fsp3) is 0.312. The van der Waals surface area contributed by atoms with Crippen molar-refractivity contribution in [3.8, 4) is 5.75 Å². The Morgan fingerprint density at radius 3 is 2.63 bits per heavy atom. The van der Waals surface area contributed by atoms with E-state index < -0.39 is 0 Å². The lowest BCUT2D eigenvalue weighted by molar-refractivity contribution is 0.302. The molecule has 1 atom stereocenters. The molecule has 19 heavy (non-hydrogen) atoms. The summed E-state index contributed by atoms with van der Waals surface area (Å²) in [6, 6.07) is 10.3. The molecule has 0 saturated heterocycles. The minimum atomic E-state index is 0.130. The van der Waals surface area contributed by atoms with Crippen molar-refractivity contribution in [1.82, 2.24) is 4.98 Å². The molecule has 0 aliphatic heterocycles. The van der Waals surface area contributed by atoms with Gasteiger partial charge in [-0.3, -0.25) is 4.98 Å². The first-order chi connectivity index (χ1) is 9.15. The van der Waals surface area contributed by atoms with Gasteiger partial charge >= 0.3 is 0 Å². The van der Waals surface area contributed by atoms with Crippen LogP contribution in [0.1, 0.15) is 23.6 Å². The molecule has 1 heterocycles. The zero-order valence-electron chi connectivity index (χ0n) is 11.5. The quantitative estimate of drug-likeness (QED) is 0.894. The van der Waals surface area contributed by atoms with Crippen LogP contribution in [0.15, 0.2) is 42.7 Å². The van der Waals surface area contributed by atoms with Crippen molar-refractivity contribution in [3.05, 3.63) is 59.4 Å². The van der Waals surface area contributed by atoms with Crippen molar-refractivity contribution in [3.63, 3.8) is 0 Å². The molecule has 3 nitrogen and oxygen atoms in total. The maximum atomic E-state index is 5.90. The number of benzene rings is 1. The number of nitrogens with zero attached hydrogens (tertiary/aromatic N) is 1. The fourth-order valence-corrected chi connectivity index (χ4v) is 2.00. The number of aryl methyl sites for hydroxylation is 1. The zero-order valence-corrected chi connectivity index (χ0v) is 11.5. The molecule has 100 valence electrons. The van der Waals surface area contributed by atoms with E-state index in [-0.39, 0.29) is 6.04 Å². The summed E-state index contributed by atoms with van der Waals surface area (Å²) >= 11 is 0. The first-order valence-electron chi connectivity index (χ1n) is 6.52. The molecular weight excluding hydrogens is 236 g/mol. The number of nitrogens with two attached hydrogens (primary N) is 1. The smallest absolute Gasteiger partial charge is 0.123 e. The van der Waals surface area contributed by atoms with E-state index in [1.54, 1.807) is 12.4 Å². The Morgan fingerprint density at radius 2 is 1.95 bits per heavy atom. The lowest BCUT2D eigenvalue weighted by Crippen LogP contribution is -2.18. The summed E-state index contributed by atoms with van der Waals surface area (Å²) in [6.45, 7) is 4.64. The Kier molecular flexibility index (Phi) is 4.53. The van der Waals surface area contributed by atoms with Gasteiger partial charge in [0.1, 0.15) is 12.4 Å². The highest BCUT2D eigenvalue weighted by molar-refractivity contribution is 5.37. The number of aromatic nitrogens is 1. The van der Waals surface area contributed by atoms with Gasteiger partial charge in [0.15, 0.2) is 0 Å². The van der Waals surface area contributed by atoms with Crippen LogP contribution in [0.25, 0.3) is 0 Å². The first kappa shape index (κ1) is 13.6. The molecule has 2 aromatic rings. The van der Waals surface area contributed by atoms with E-state index >= 15 is 0 Å². The van der Waals surface area contributed by atoms with Gasteiger partial charge in [-0.25, -0.2) is 0 Å². The normalized spacial score (nSPS) is 12.2. The number of hydrogen-bond acceptors (Lipinski definition) is 3. The monoisotopic (exact) mass is 256 g/mol. The SMILES string of the molecule is Cc1ccc(OCc2ccncc2)c(CC(C)N)c1. The summed E-state index contributed by atoms with van der Waals surface area (Å²) in [5, 5.41) is 0. The van der Waals surface area contributed by atoms with Crippen LogP contribution in [0.5, 0.6) is 5.75 Å².